The van der Waals surface area contributed by atoms with E-state index in [4.69, 9.17) is 21.4 Å². The number of fused-ring (bicyclic) bond motifs is 3. The lowest BCUT2D eigenvalue weighted by Gasteiger charge is -2.31. The van der Waals surface area contributed by atoms with Gasteiger partial charge < -0.3 is 19.5 Å². The molecule has 0 fully saturated rings. The molecule has 0 saturated carbocycles. The fraction of sp³-hybridized carbons (Fsp3) is 0.133. The van der Waals surface area contributed by atoms with Gasteiger partial charge in [-0.15, -0.1) is 0 Å². The van der Waals surface area contributed by atoms with Gasteiger partial charge in [0.1, 0.15) is 11.6 Å². The van der Waals surface area contributed by atoms with Crippen molar-refractivity contribution >= 4 is 23.3 Å². The van der Waals surface area contributed by atoms with E-state index >= 15 is 0 Å². The number of nitrogens with zero attached hydrogens (tertiary/aromatic N) is 4. The first-order chi connectivity index (χ1) is 18.5. The Morgan fingerprint density at radius 1 is 1.00 bits per heavy atom. The second-order valence-corrected chi connectivity index (χ2v) is 9.59. The summed E-state index contributed by atoms with van der Waals surface area (Å²) in [5, 5.41) is 8.58. The second kappa shape index (κ2) is 9.76. The Kier molecular flexibility index (Phi) is 6.13. The SMILES string of the molecule is COc1ccccc1NC(=O)N1Cc2c(C)nn(-c3ccccc3)c2-n2cccc2[C@H]1c1cccc(Cl)c1. The van der Waals surface area contributed by atoms with E-state index in [0.717, 1.165) is 34.0 Å². The van der Waals surface area contributed by atoms with E-state index < -0.39 is 6.04 Å². The van der Waals surface area contributed by atoms with Crippen LogP contribution in [0.1, 0.15) is 28.6 Å². The molecule has 1 aliphatic heterocycles. The van der Waals surface area contributed by atoms with Crippen molar-refractivity contribution in [2.75, 3.05) is 12.4 Å². The number of anilines is 1. The molecule has 0 unspecified atom stereocenters. The van der Waals surface area contributed by atoms with Gasteiger partial charge in [0.25, 0.3) is 0 Å². The minimum absolute atomic E-state index is 0.257. The summed E-state index contributed by atoms with van der Waals surface area (Å²) in [7, 11) is 1.59. The van der Waals surface area contributed by atoms with Crippen LogP contribution in [-0.4, -0.2) is 32.4 Å². The third-order valence-corrected chi connectivity index (χ3v) is 7.10. The molecule has 1 N–H and O–H groups in total. The standard InChI is InChI=1S/C30H26ClN5O2/c1-20-24-19-35(30(37)32-25-14-6-7-16-27(25)38-2)28(21-10-8-11-22(31)18-21)26-15-9-17-34(26)29(24)36(33-20)23-12-4-3-5-13-23/h3-18,28H,19H2,1-2H3,(H,32,37)/t28-/m1/s1. The Balaban J connectivity index is 1.54. The average Bonchev–Trinajstić information content (AvgIpc) is 3.49. The molecule has 3 heterocycles. The van der Waals surface area contributed by atoms with Crippen LogP contribution in [0.5, 0.6) is 5.75 Å². The number of nitrogens with one attached hydrogen (secondary N) is 1. The lowest BCUT2D eigenvalue weighted by atomic mass is 10.0. The largest absolute Gasteiger partial charge is 0.495 e. The van der Waals surface area contributed by atoms with Crippen molar-refractivity contribution in [1.29, 1.82) is 0 Å². The van der Waals surface area contributed by atoms with E-state index in [1.165, 1.54) is 0 Å². The van der Waals surface area contributed by atoms with Crippen molar-refractivity contribution in [3.8, 4) is 17.3 Å². The minimum Gasteiger partial charge on any atom is -0.495 e. The van der Waals surface area contributed by atoms with E-state index in [1.54, 1.807) is 7.11 Å². The van der Waals surface area contributed by atoms with Crippen molar-refractivity contribution in [2.24, 2.45) is 0 Å². The Hall–Kier alpha value is -4.49. The van der Waals surface area contributed by atoms with E-state index in [1.807, 2.05) is 114 Å². The molecule has 1 aliphatic rings. The number of carbonyl (C=O) groups excluding carboxylic acids is 1. The van der Waals surface area contributed by atoms with Crippen molar-refractivity contribution in [2.45, 2.75) is 19.5 Å². The van der Waals surface area contributed by atoms with Crippen LogP contribution in [0.2, 0.25) is 5.02 Å². The van der Waals surface area contributed by atoms with Crippen LogP contribution in [0, 0.1) is 6.92 Å². The zero-order valence-electron chi connectivity index (χ0n) is 21.0. The molecule has 7 nitrogen and oxygen atoms in total. The van der Waals surface area contributed by atoms with Crippen LogP contribution in [0.3, 0.4) is 0 Å². The number of hydrogen-bond donors (Lipinski definition) is 1. The summed E-state index contributed by atoms with van der Waals surface area (Å²) >= 11 is 6.44. The van der Waals surface area contributed by atoms with Crippen LogP contribution in [-0.2, 0) is 6.54 Å². The molecule has 38 heavy (non-hydrogen) atoms. The lowest BCUT2D eigenvalue weighted by molar-refractivity contribution is 0.194. The number of aryl methyl sites for hydroxylation is 1. The summed E-state index contributed by atoms with van der Waals surface area (Å²) in [6.07, 6.45) is 2.02. The normalized spacial score (nSPS) is 14.4. The van der Waals surface area contributed by atoms with Gasteiger partial charge in [0, 0.05) is 16.8 Å². The first-order valence-electron chi connectivity index (χ1n) is 12.3. The number of halogens is 1. The van der Waals surface area contributed by atoms with E-state index in [9.17, 15) is 4.79 Å². The summed E-state index contributed by atoms with van der Waals surface area (Å²) in [6.45, 7) is 2.32. The quantitative estimate of drug-likeness (QED) is 0.283. The molecule has 0 spiro atoms. The first-order valence-corrected chi connectivity index (χ1v) is 12.7. The molecule has 2 aromatic heterocycles. The summed E-state index contributed by atoms with van der Waals surface area (Å²) in [5.74, 6) is 1.50. The number of aromatic nitrogens is 3. The average molecular weight is 524 g/mol. The molecule has 3 aromatic carbocycles. The molecular weight excluding hydrogens is 498 g/mol. The molecule has 8 heteroatoms. The summed E-state index contributed by atoms with van der Waals surface area (Å²) in [5.41, 5.74) is 5.20. The molecule has 6 rings (SSSR count). The monoisotopic (exact) mass is 523 g/mol. The number of amides is 2. The Bertz CT molecular complexity index is 1620. The summed E-state index contributed by atoms with van der Waals surface area (Å²) < 4.78 is 9.57. The summed E-state index contributed by atoms with van der Waals surface area (Å²) in [4.78, 5) is 15.9. The molecule has 190 valence electrons. The highest BCUT2D eigenvalue weighted by Crippen LogP contribution is 2.39. The van der Waals surface area contributed by atoms with Crippen LogP contribution in [0.15, 0.2) is 97.2 Å². The maximum atomic E-state index is 14.1. The molecule has 5 aromatic rings. The number of urea groups is 1. The van der Waals surface area contributed by atoms with Crippen molar-refractivity contribution in [3.05, 3.63) is 125 Å². The highest BCUT2D eigenvalue weighted by atomic mass is 35.5. The van der Waals surface area contributed by atoms with Crippen LogP contribution in [0.25, 0.3) is 11.5 Å². The van der Waals surface area contributed by atoms with Gasteiger partial charge in [-0.3, -0.25) is 0 Å². The topological polar surface area (TPSA) is 64.3 Å². The lowest BCUT2D eigenvalue weighted by Crippen LogP contribution is -2.38. The molecule has 2 amide bonds. The van der Waals surface area contributed by atoms with Gasteiger partial charge in [-0.1, -0.05) is 54.1 Å². The smallest absolute Gasteiger partial charge is 0.323 e. The number of benzene rings is 3. The molecule has 0 bridgehead atoms. The number of carbonyl (C=O) groups is 1. The van der Waals surface area contributed by atoms with Gasteiger partial charge >= 0.3 is 6.03 Å². The van der Waals surface area contributed by atoms with Crippen molar-refractivity contribution in [1.82, 2.24) is 19.2 Å². The molecule has 0 radical (unpaired) electrons. The van der Waals surface area contributed by atoms with Crippen LogP contribution < -0.4 is 10.1 Å². The van der Waals surface area contributed by atoms with Gasteiger partial charge in [-0.05, 0) is 61.0 Å². The number of hydrogen-bond acceptors (Lipinski definition) is 3. The highest BCUT2D eigenvalue weighted by molar-refractivity contribution is 6.30. The fourth-order valence-electron chi connectivity index (χ4n) is 5.11. The van der Waals surface area contributed by atoms with Crippen LogP contribution in [0.4, 0.5) is 10.5 Å². The minimum atomic E-state index is -0.408. The molecule has 1 atom stereocenters. The fourth-order valence-corrected chi connectivity index (χ4v) is 5.31. The molecular formula is C30H26ClN5O2. The molecule has 0 saturated heterocycles. The number of methoxy groups -OCH3 is 1. The molecule has 0 aliphatic carbocycles. The summed E-state index contributed by atoms with van der Waals surface area (Å²) in [6, 6.07) is 28.5. The maximum absolute atomic E-state index is 14.1. The zero-order valence-corrected chi connectivity index (χ0v) is 21.8. The van der Waals surface area contributed by atoms with Gasteiger partial charge in [0.15, 0.2) is 0 Å². The Morgan fingerprint density at radius 3 is 2.58 bits per heavy atom. The first kappa shape index (κ1) is 23.9. The Morgan fingerprint density at radius 2 is 1.79 bits per heavy atom. The predicted octanol–water partition coefficient (Wildman–Crippen LogP) is 6.77. The predicted molar refractivity (Wildman–Crippen MR) is 148 cm³/mol. The third kappa shape index (κ3) is 4.11. The van der Waals surface area contributed by atoms with Crippen molar-refractivity contribution < 1.29 is 9.53 Å². The van der Waals surface area contributed by atoms with E-state index in [2.05, 4.69) is 9.88 Å². The van der Waals surface area contributed by atoms with Gasteiger partial charge in [-0.25, -0.2) is 9.48 Å². The van der Waals surface area contributed by atoms with Gasteiger partial charge in [-0.2, -0.15) is 5.10 Å². The Labute approximate surface area is 225 Å². The maximum Gasteiger partial charge on any atom is 0.323 e. The number of para-hydroxylation sites is 3. The van der Waals surface area contributed by atoms with Gasteiger partial charge in [0.2, 0.25) is 0 Å². The van der Waals surface area contributed by atoms with E-state index in [0.29, 0.717) is 23.0 Å². The third-order valence-electron chi connectivity index (χ3n) is 6.86. The second-order valence-electron chi connectivity index (χ2n) is 9.15. The number of ether oxygens (including phenoxy) is 1. The number of rotatable bonds is 4. The van der Waals surface area contributed by atoms with E-state index in [-0.39, 0.29) is 6.03 Å². The zero-order chi connectivity index (χ0) is 26.2. The van der Waals surface area contributed by atoms with Crippen molar-refractivity contribution in [3.63, 3.8) is 0 Å². The highest BCUT2D eigenvalue weighted by Gasteiger charge is 2.36. The van der Waals surface area contributed by atoms with Gasteiger partial charge in [0.05, 0.1) is 42.5 Å². The van der Waals surface area contributed by atoms with Crippen LogP contribution >= 0.6 is 11.6 Å².